The van der Waals surface area contributed by atoms with Gasteiger partial charge in [-0.05, 0) is 31.5 Å². The third-order valence-corrected chi connectivity index (χ3v) is 3.07. The van der Waals surface area contributed by atoms with Crippen LogP contribution in [0.3, 0.4) is 0 Å². The second-order valence-corrected chi connectivity index (χ2v) is 4.46. The van der Waals surface area contributed by atoms with Gasteiger partial charge in [-0.2, -0.15) is 0 Å². The van der Waals surface area contributed by atoms with Gasteiger partial charge in [0.1, 0.15) is 5.82 Å². The third kappa shape index (κ3) is 3.41. The molecule has 1 heterocycles. The van der Waals surface area contributed by atoms with Crippen molar-refractivity contribution < 1.29 is 4.79 Å². The van der Waals surface area contributed by atoms with Gasteiger partial charge in [-0.1, -0.05) is 30.3 Å². The first-order valence-electron chi connectivity index (χ1n) is 6.46. The number of rotatable bonds is 5. The lowest BCUT2D eigenvalue weighted by Gasteiger charge is -2.22. The van der Waals surface area contributed by atoms with E-state index in [1.807, 2.05) is 24.3 Å². The standard InChI is InChI=1S/C16H18N2O/c1-3-18(12-14-7-5-4-6-8-14)16-11-15(13(2)19)9-10-17-16/h4-11H,3,12H2,1-2H3. The van der Waals surface area contributed by atoms with E-state index >= 15 is 0 Å². The molecule has 98 valence electrons. The Morgan fingerprint density at radius 1 is 1.21 bits per heavy atom. The predicted octanol–water partition coefficient (Wildman–Crippen LogP) is 3.31. The fourth-order valence-electron chi connectivity index (χ4n) is 1.97. The highest BCUT2D eigenvalue weighted by atomic mass is 16.1. The molecule has 0 aliphatic heterocycles. The van der Waals surface area contributed by atoms with E-state index in [2.05, 4.69) is 28.9 Å². The number of aromatic nitrogens is 1. The molecule has 0 radical (unpaired) electrons. The normalized spacial score (nSPS) is 10.2. The molecular weight excluding hydrogens is 236 g/mol. The number of hydrogen-bond donors (Lipinski definition) is 0. The van der Waals surface area contributed by atoms with Gasteiger partial charge in [0.2, 0.25) is 0 Å². The fraction of sp³-hybridized carbons (Fsp3) is 0.250. The maximum atomic E-state index is 11.4. The summed E-state index contributed by atoms with van der Waals surface area (Å²) in [5.41, 5.74) is 1.94. The number of ketones is 1. The van der Waals surface area contributed by atoms with Crippen LogP contribution in [0.2, 0.25) is 0 Å². The van der Waals surface area contributed by atoms with E-state index in [9.17, 15) is 4.79 Å². The number of nitrogens with zero attached hydrogens (tertiary/aromatic N) is 2. The van der Waals surface area contributed by atoms with Crippen LogP contribution in [0.25, 0.3) is 0 Å². The van der Waals surface area contributed by atoms with Crippen LogP contribution in [0.4, 0.5) is 5.82 Å². The molecule has 0 fully saturated rings. The SMILES string of the molecule is CCN(Cc1ccccc1)c1cc(C(C)=O)ccn1. The summed E-state index contributed by atoms with van der Waals surface area (Å²) >= 11 is 0. The summed E-state index contributed by atoms with van der Waals surface area (Å²) in [5.74, 6) is 0.915. The average Bonchev–Trinajstić information content (AvgIpc) is 2.46. The number of carbonyl (C=O) groups excluding carboxylic acids is 1. The minimum Gasteiger partial charge on any atom is -0.353 e. The summed E-state index contributed by atoms with van der Waals surface area (Å²) in [6, 6.07) is 13.9. The van der Waals surface area contributed by atoms with Gasteiger partial charge in [0.15, 0.2) is 5.78 Å². The monoisotopic (exact) mass is 254 g/mol. The zero-order chi connectivity index (χ0) is 13.7. The Morgan fingerprint density at radius 2 is 1.95 bits per heavy atom. The van der Waals surface area contributed by atoms with Gasteiger partial charge in [0.05, 0.1) is 0 Å². The molecule has 1 aromatic heterocycles. The van der Waals surface area contributed by atoms with Gasteiger partial charge in [0.25, 0.3) is 0 Å². The average molecular weight is 254 g/mol. The van der Waals surface area contributed by atoms with E-state index in [-0.39, 0.29) is 5.78 Å². The van der Waals surface area contributed by atoms with E-state index in [4.69, 9.17) is 0 Å². The Labute approximate surface area is 113 Å². The minimum atomic E-state index is 0.0689. The van der Waals surface area contributed by atoms with Crippen LogP contribution < -0.4 is 4.90 Å². The number of pyridine rings is 1. The van der Waals surface area contributed by atoms with Crippen molar-refractivity contribution in [3.05, 3.63) is 59.8 Å². The first-order chi connectivity index (χ1) is 9.20. The number of Topliss-reactive ketones (excluding diaryl/α,β-unsaturated/α-hetero) is 1. The Hall–Kier alpha value is -2.16. The van der Waals surface area contributed by atoms with Crippen LogP contribution in [-0.4, -0.2) is 17.3 Å². The van der Waals surface area contributed by atoms with Crippen molar-refractivity contribution in [2.24, 2.45) is 0 Å². The van der Waals surface area contributed by atoms with Gasteiger partial charge < -0.3 is 4.90 Å². The lowest BCUT2D eigenvalue weighted by atomic mass is 10.1. The van der Waals surface area contributed by atoms with Crippen molar-refractivity contribution in [1.82, 2.24) is 4.98 Å². The second-order valence-electron chi connectivity index (χ2n) is 4.46. The van der Waals surface area contributed by atoms with Crippen molar-refractivity contribution in [2.75, 3.05) is 11.4 Å². The molecule has 19 heavy (non-hydrogen) atoms. The van der Waals surface area contributed by atoms with Crippen LogP contribution in [0.5, 0.6) is 0 Å². The lowest BCUT2D eigenvalue weighted by Crippen LogP contribution is -2.23. The predicted molar refractivity (Wildman–Crippen MR) is 77.4 cm³/mol. The largest absolute Gasteiger partial charge is 0.353 e. The number of benzene rings is 1. The first kappa shape index (κ1) is 13.3. The number of carbonyl (C=O) groups is 1. The molecular formula is C16H18N2O. The summed E-state index contributed by atoms with van der Waals surface area (Å²) in [5, 5.41) is 0. The maximum Gasteiger partial charge on any atom is 0.159 e. The van der Waals surface area contributed by atoms with E-state index in [0.717, 1.165) is 18.9 Å². The zero-order valence-corrected chi connectivity index (χ0v) is 11.3. The molecule has 3 heteroatoms. The van der Waals surface area contributed by atoms with Crippen LogP contribution >= 0.6 is 0 Å². The molecule has 0 unspecified atom stereocenters. The molecule has 0 bridgehead atoms. The van der Waals surface area contributed by atoms with Gasteiger partial charge >= 0.3 is 0 Å². The molecule has 3 nitrogen and oxygen atoms in total. The van der Waals surface area contributed by atoms with Crippen molar-refractivity contribution in [3.63, 3.8) is 0 Å². The Bertz CT molecular complexity index is 552. The molecule has 2 aromatic rings. The Kier molecular flexibility index (Phi) is 4.29. The Morgan fingerprint density at radius 3 is 2.58 bits per heavy atom. The van der Waals surface area contributed by atoms with Gasteiger partial charge in [-0.25, -0.2) is 4.98 Å². The van der Waals surface area contributed by atoms with E-state index in [1.54, 1.807) is 19.2 Å². The van der Waals surface area contributed by atoms with Crippen molar-refractivity contribution in [1.29, 1.82) is 0 Å². The molecule has 0 spiro atoms. The van der Waals surface area contributed by atoms with Crippen molar-refractivity contribution >= 4 is 11.6 Å². The summed E-state index contributed by atoms with van der Waals surface area (Å²) in [6.07, 6.45) is 1.69. The van der Waals surface area contributed by atoms with Crippen molar-refractivity contribution in [2.45, 2.75) is 20.4 Å². The molecule has 1 aromatic carbocycles. The van der Waals surface area contributed by atoms with Crippen LogP contribution in [0, 0.1) is 0 Å². The molecule has 0 saturated carbocycles. The summed E-state index contributed by atoms with van der Waals surface area (Å²) in [4.78, 5) is 17.9. The molecule has 0 aliphatic carbocycles. The highest BCUT2D eigenvalue weighted by Gasteiger charge is 2.08. The summed E-state index contributed by atoms with van der Waals surface area (Å²) < 4.78 is 0. The summed E-state index contributed by atoms with van der Waals surface area (Å²) in [6.45, 7) is 5.31. The van der Waals surface area contributed by atoms with E-state index < -0.39 is 0 Å². The molecule has 0 atom stereocenters. The molecule has 0 saturated heterocycles. The molecule has 0 N–H and O–H groups in total. The Balaban J connectivity index is 2.22. The molecule has 0 aliphatic rings. The smallest absolute Gasteiger partial charge is 0.159 e. The van der Waals surface area contributed by atoms with E-state index in [0.29, 0.717) is 5.56 Å². The molecule has 0 amide bonds. The number of hydrogen-bond acceptors (Lipinski definition) is 3. The fourth-order valence-corrected chi connectivity index (χ4v) is 1.97. The maximum absolute atomic E-state index is 11.4. The topological polar surface area (TPSA) is 33.2 Å². The molecule has 2 rings (SSSR count). The lowest BCUT2D eigenvalue weighted by molar-refractivity contribution is 0.101. The number of anilines is 1. The van der Waals surface area contributed by atoms with Gasteiger partial charge in [-0.3, -0.25) is 4.79 Å². The van der Waals surface area contributed by atoms with Crippen LogP contribution in [-0.2, 0) is 6.54 Å². The van der Waals surface area contributed by atoms with Gasteiger partial charge in [-0.15, -0.1) is 0 Å². The highest BCUT2D eigenvalue weighted by Crippen LogP contribution is 2.16. The van der Waals surface area contributed by atoms with Gasteiger partial charge in [0, 0.05) is 24.8 Å². The van der Waals surface area contributed by atoms with Crippen LogP contribution in [0.1, 0.15) is 29.8 Å². The highest BCUT2D eigenvalue weighted by molar-refractivity contribution is 5.94. The first-order valence-corrected chi connectivity index (χ1v) is 6.46. The quantitative estimate of drug-likeness (QED) is 0.767. The zero-order valence-electron chi connectivity index (χ0n) is 11.3. The van der Waals surface area contributed by atoms with Crippen molar-refractivity contribution in [3.8, 4) is 0 Å². The second kappa shape index (κ2) is 6.14. The minimum absolute atomic E-state index is 0.0689. The van der Waals surface area contributed by atoms with E-state index in [1.165, 1.54) is 5.56 Å². The van der Waals surface area contributed by atoms with Crippen LogP contribution in [0.15, 0.2) is 48.7 Å². The summed E-state index contributed by atoms with van der Waals surface area (Å²) in [7, 11) is 0. The third-order valence-electron chi connectivity index (χ3n) is 3.07.